The topological polar surface area (TPSA) is 35.5 Å². The minimum atomic E-state index is -1.64. The predicted octanol–water partition coefficient (Wildman–Crippen LogP) is 7.99. The van der Waals surface area contributed by atoms with Crippen LogP contribution in [0.4, 0.5) is 0 Å². The van der Waals surface area contributed by atoms with Gasteiger partial charge in [-0.1, -0.05) is 87.2 Å². The van der Waals surface area contributed by atoms with Crippen LogP contribution in [0.3, 0.4) is 0 Å². The molecule has 0 saturated heterocycles. The van der Waals surface area contributed by atoms with Crippen LogP contribution in [0.15, 0.2) is 0 Å². The van der Waals surface area contributed by atoms with Gasteiger partial charge in [-0.25, -0.2) is 0 Å². The van der Waals surface area contributed by atoms with Crippen LogP contribution in [0, 0.1) is 11.8 Å². The molecule has 0 unspecified atom stereocenters. The van der Waals surface area contributed by atoms with E-state index in [-0.39, 0.29) is 11.0 Å². The molecule has 0 aromatic rings. The van der Waals surface area contributed by atoms with Crippen molar-refractivity contribution in [2.45, 2.75) is 102 Å². The van der Waals surface area contributed by atoms with Gasteiger partial charge in [0.25, 0.3) is 0 Å². The first-order chi connectivity index (χ1) is 12.3. The van der Waals surface area contributed by atoms with E-state index in [1.54, 1.807) is 0 Å². The lowest BCUT2D eigenvalue weighted by molar-refractivity contribution is -0.111. The highest BCUT2D eigenvalue weighted by atomic mass is 79.9. The van der Waals surface area contributed by atoms with Crippen LogP contribution in [0.5, 0.6) is 0 Å². The van der Waals surface area contributed by atoms with Gasteiger partial charge in [0.05, 0.1) is 3.74 Å². The largest absolute Gasteiger partial charge is 0.417 e. The number of rotatable bonds is 9. The van der Waals surface area contributed by atoms with Crippen molar-refractivity contribution in [3.8, 4) is 0 Å². The molecule has 0 fully saturated rings. The first kappa shape index (κ1) is 31.2. The van der Waals surface area contributed by atoms with Gasteiger partial charge < -0.3 is 13.6 Å². The fourth-order valence-electron chi connectivity index (χ4n) is 1.53. The summed E-state index contributed by atoms with van der Waals surface area (Å²) in [7, 11) is -3.19. The van der Waals surface area contributed by atoms with Gasteiger partial charge in [0.2, 0.25) is 0 Å². The Balaban J connectivity index is 0. The molecule has 0 aliphatic carbocycles. The second-order valence-corrected chi connectivity index (χ2v) is 24.0. The molecule has 0 aromatic carbocycles. The van der Waals surface area contributed by atoms with E-state index in [9.17, 15) is 4.79 Å². The number of aldehydes is 1. The quantitative estimate of drug-likeness (QED) is 0.162. The lowest BCUT2D eigenvalue weighted by Gasteiger charge is -2.37. The van der Waals surface area contributed by atoms with Crippen molar-refractivity contribution in [1.82, 2.24) is 0 Å². The standard InChI is InChI=1S/C11H24Br2OSi.C10H22O2Si/c1-9(7-10(12)13)8-14-15(5,6)11(2,3)4;1-9(7-11)8-12-13(5,6)10(2,3)4/h9-10H,7-8H2,1-6H3;7,9H,8H2,1-6H3/t2*9-/m11/s1. The smallest absolute Gasteiger partial charge is 0.192 e. The van der Waals surface area contributed by atoms with Gasteiger partial charge >= 0.3 is 0 Å². The van der Waals surface area contributed by atoms with Crippen molar-refractivity contribution in [2.75, 3.05) is 13.2 Å². The Bertz CT molecular complexity index is 442. The summed E-state index contributed by atoms with van der Waals surface area (Å²) in [6.45, 7) is 28.0. The number of carbonyl (C=O) groups is 1. The molecule has 0 aliphatic heterocycles. The zero-order valence-corrected chi connectivity index (χ0v) is 25.6. The molecule has 0 radical (unpaired) electrons. The summed E-state index contributed by atoms with van der Waals surface area (Å²) in [5.74, 6) is 0.622. The van der Waals surface area contributed by atoms with Crippen molar-refractivity contribution in [1.29, 1.82) is 0 Å². The maximum atomic E-state index is 10.4. The van der Waals surface area contributed by atoms with E-state index >= 15 is 0 Å². The second kappa shape index (κ2) is 12.7. The van der Waals surface area contributed by atoms with Crippen LogP contribution < -0.4 is 0 Å². The van der Waals surface area contributed by atoms with Crippen LogP contribution in [0.2, 0.25) is 36.3 Å². The number of carbonyl (C=O) groups excluding carboxylic acids is 1. The summed E-state index contributed by atoms with van der Waals surface area (Å²) in [4.78, 5) is 10.4. The highest BCUT2D eigenvalue weighted by Crippen LogP contribution is 2.37. The lowest BCUT2D eigenvalue weighted by Crippen LogP contribution is -2.41. The molecular weight excluding hydrogens is 516 g/mol. The first-order valence-corrected chi connectivity index (χ1v) is 17.9. The van der Waals surface area contributed by atoms with Crippen LogP contribution >= 0.6 is 31.9 Å². The molecule has 3 nitrogen and oxygen atoms in total. The van der Waals surface area contributed by atoms with Gasteiger partial charge in [-0.2, -0.15) is 0 Å². The summed E-state index contributed by atoms with van der Waals surface area (Å²) < 4.78 is 12.4. The van der Waals surface area contributed by atoms with Crippen LogP contribution in [-0.4, -0.2) is 39.9 Å². The Morgan fingerprint density at radius 1 is 0.821 bits per heavy atom. The molecule has 0 aliphatic rings. The maximum Gasteiger partial charge on any atom is 0.192 e. The monoisotopic (exact) mass is 560 g/mol. The van der Waals surface area contributed by atoms with E-state index < -0.39 is 16.6 Å². The van der Waals surface area contributed by atoms with Gasteiger partial charge in [-0.3, -0.25) is 0 Å². The van der Waals surface area contributed by atoms with Gasteiger partial charge in [0.1, 0.15) is 6.29 Å². The SMILES string of the molecule is C[C@@H](CO[Si](C)(C)C(C)(C)C)CC(Br)Br.C[C@H](C=O)CO[Si](C)(C)C(C)(C)C. The van der Waals surface area contributed by atoms with Crippen molar-refractivity contribution in [3.63, 3.8) is 0 Å². The molecule has 7 heteroatoms. The van der Waals surface area contributed by atoms with E-state index in [2.05, 4.69) is 107 Å². The molecule has 28 heavy (non-hydrogen) atoms. The third kappa shape index (κ3) is 13.3. The fourth-order valence-corrected chi connectivity index (χ4v) is 5.06. The Labute approximate surface area is 194 Å². The molecule has 0 aromatic heterocycles. The van der Waals surface area contributed by atoms with Crippen LogP contribution in [0.25, 0.3) is 0 Å². The number of hydrogen-bond donors (Lipinski definition) is 0. The highest BCUT2D eigenvalue weighted by Gasteiger charge is 2.38. The van der Waals surface area contributed by atoms with Gasteiger partial charge in [-0.05, 0) is 48.6 Å². The molecule has 2 atom stereocenters. The molecular formula is C21H46Br2O3Si2. The molecule has 0 heterocycles. The minimum Gasteiger partial charge on any atom is -0.417 e. The third-order valence-corrected chi connectivity index (χ3v) is 15.6. The molecule has 0 N–H and O–H groups in total. The number of hydrogen-bond acceptors (Lipinski definition) is 3. The van der Waals surface area contributed by atoms with Crippen LogP contribution in [-0.2, 0) is 13.6 Å². The van der Waals surface area contributed by atoms with E-state index in [0.29, 0.717) is 21.3 Å². The average molecular weight is 563 g/mol. The molecule has 170 valence electrons. The van der Waals surface area contributed by atoms with E-state index in [1.165, 1.54) is 0 Å². The fraction of sp³-hybridized carbons (Fsp3) is 0.952. The zero-order chi connectivity index (χ0) is 23.0. The average Bonchev–Trinajstić information content (AvgIpc) is 2.48. The van der Waals surface area contributed by atoms with Crippen molar-refractivity contribution >= 4 is 54.8 Å². The first-order valence-electron chi connectivity index (χ1n) is 10.3. The van der Waals surface area contributed by atoms with Crippen LogP contribution in [0.1, 0.15) is 61.8 Å². The van der Waals surface area contributed by atoms with Crippen molar-refractivity contribution in [3.05, 3.63) is 0 Å². The maximum absolute atomic E-state index is 10.4. The van der Waals surface area contributed by atoms with E-state index in [4.69, 9.17) is 8.85 Å². The Kier molecular flexibility index (Phi) is 14.2. The number of alkyl halides is 2. The lowest BCUT2D eigenvalue weighted by atomic mass is 10.1. The highest BCUT2D eigenvalue weighted by molar-refractivity contribution is 9.24. The Hall–Kier alpha value is 0.984. The summed E-state index contributed by atoms with van der Waals surface area (Å²) in [5, 5.41) is 0.546. The summed E-state index contributed by atoms with van der Waals surface area (Å²) >= 11 is 7.01. The third-order valence-electron chi connectivity index (χ3n) is 5.86. The normalized spacial score (nSPS) is 15.7. The molecule has 0 amide bonds. The van der Waals surface area contributed by atoms with Crippen molar-refractivity contribution in [2.24, 2.45) is 11.8 Å². The van der Waals surface area contributed by atoms with Gasteiger partial charge in [0, 0.05) is 19.1 Å². The van der Waals surface area contributed by atoms with E-state index in [0.717, 1.165) is 19.3 Å². The zero-order valence-electron chi connectivity index (χ0n) is 20.4. The molecule has 0 saturated carbocycles. The minimum absolute atomic E-state index is 0.0223. The second-order valence-electron chi connectivity index (χ2n) is 11.0. The van der Waals surface area contributed by atoms with E-state index in [1.807, 2.05) is 6.92 Å². The number of halogens is 2. The predicted molar refractivity (Wildman–Crippen MR) is 137 cm³/mol. The summed E-state index contributed by atoms with van der Waals surface area (Å²) in [6.07, 6.45) is 2.06. The van der Waals surface area contributed by atoms with Gasteiger partial charge in [0.15, 0.2) is 16.6 Å². The Morgan fingerprint density at radius 3 is 1.46 bits per heavy atom. The molecule has 0 rings (SSSR count). The van der Waals surface area contributed by atoms with Crippen molar-refractivity contribution < 1.29 is 13.6 Å². The summed E-state index contributed by atoms with van der Waals surface area (Å²) in [5.41, 5.74) is 0. The molecule has 0 spiro atoms. The molecule has 0 bridgehead atoms. The summed E-state index contributed by atoms with van der Waals surface area (Å²) in [6, 6.07) is 0. The van der Waals surface area contributed by atoms with Gasteiger partial charge in [-0.15, -0.1) is 0 Å². The Morgan fingerprint density at radius 2 is 1.18 bits per heavy atom.